The zero-order valence-corrected chi connectivity index (χ0v) is 13.4. The molecule has 1 saturated heterocycles. The molecule has 1 heterocycles. The Morgan fingerprint density at radius 2 is 2.10 bits per heavy atom. The number of nitrogens with one attached hydrogen (secondary N) is 1. The van der Waals surface area contributed by atoms with Crippen molar-refractivity contribution in [1.29, 1.82) is 0 Å². The number of methoxy groups -OCH3 is 1. The summed E-state index contributed by atoms with van der Waals surface area (Å²) in [5.74, 6) is 0.956. The Labute approximate surface area is 127 Å². The molecule has 1 unspecified atom stereocenters. The summed E-state index contributed by atoms with van der Waals surface area (Å²) in [4.78, 5) is 0. The second-order valence-corrected chi connectivity index (χ2v) is 5.58. The van der Waals surface area contributed by atoms with Gasteiger partial charge in [-0.1, -0.05) is 24.6 Å². The van der Waals surface area contributed by atoms with Gasteiger partial charge in [-0.2, -0.15) is 0 Å². The van der Waals surface area contributed by atoms with Crippen molar-refractivity contribution in [3.63, 3.8) is 0 Å². The lowest BCUT2D eigenvalue weighted by molar-refractivity contribution is -0.0526. The SMILES string of the molecule is CCCNC(Cc1cc(C)ccc1OC)CC1OCCO1. The van der Waals surface area contributed by atoms with E-state index in [9.17, 15) is 0 Å². The maximum Gasteiger partial charge on any atom is 0.159 e. The Bertz CT molecular complexity index is 430. The fraction of sp³-hybridized carbons (Fsp3) is 0.647. The Hall–Kier alpha value is -1.10. The lowest BCUT2D eigenvalue weighted by atomic mass is 10.00. The maximum absolute atomic E-state index is 5.59. The topological polar surface area (TPSA) is 39.7 Å². The molecule has 0 amide bonds. The van der Waals surface area contributed by atoms with Crippen LogP contribution in [0.4, 0.5) is 0 Å². The third-order valence-electron chi connectivity index (χ3n) is 3.75. The van der Waals surface area contributed by atoms with Crippen LogP contribution in [0.5, 0.6) is 5.75 Å². The quantitative estimate of drug-likeness (QED) is 0.800. The molecule has 1 aliphatic rings. The summed E-state index contributed by atoms with van der Waals surface area (Å²) in [5, 5.41) is 3.60. The van der Waals surface area contributed by atoms with Gasteiger partial charge in [0.25, 0.3) is 0 Å². The fourth-order valence-electron chi connectivity index (χ4n) is 2.70. The van der Waals surface area contributed by atoms with E-state index >= 15 is 0 Å². The van der Waals surface area contributed by atoms with Crippen LogP contribution in [-0.4, -0.2) is 39.2 Å². The third kappa shape index (κ3) is 4.99. The van der Waals surface area contributed by atoms with Gasteiger partial charge in [0.15, 0.2) is 6.29 Å². The zero-order valence-electron chi connectivity index (χ0n) is 13.4. The van der Waals surface area contributed by atoms with E-state index in [1.807, 2.05) is 6.07 Å². The van der Waals surface area contributed by atoms with Crippen LogP contribution in [-0.2, 0) is 15.9 Å². The molecule has 1 aromatic carbocycles. The highest BCUT2D eigenvalue weighted by molar-refractivity contribution is 5.37. The molecule has 0 aliphatic carbocycles. The maximum atomic E-state index is 5.59. The van der Waals surface area contributed by atoms with Gasteiger partial charge in [0.2, 0.25) is 0 Å². The first kappa shape index (κ1) is 16.3. The second kappa shape index (κ2) is 8.37. The van der Waals surface area contributed by atoms with Crippen molar-refractivity contribution in [2.75, 3.05) is 26.9 Å². The molecule has 0 saturated carbocycles. The van der Waals surface area contributed by atoms with Gasteiger partial charge in [-0.3, -0.25) is 0 Å². The molecule has 2 rings (SSSR count). The monoisotopic (exact) mass is 293 g/mol. The molecular formula is C17H27NO3. The first-order valence-corrected chi connectivity index (χ1v) is 7.83. The summed E-state index contributed by atoms with van der Waals surface area (Å²) < 4.78 is 16.7. The van der Waals surface area contributed by atoms with Crippen LogP contribution in [0.25, 0.3) is 0 Å². The Kier molecular flexibility index (Phi) is 6.49. The minimum Gasteiger partial charge on any atom is -0.496 e. The summed E-state index contributed by atoms with van der Waals surface area (Å²) in [6.07, 6.45) is 2.84. The van der Waals surface area contributed by atoms with E-state index in [1.165, 1.54) is 11.1 Å². The van der Waals surface area contributed by atoms with Crippen molar-refractivity contribution in [2.45, 2.75) is 45.4 Å². The van der Waals surface area contributed by atoms with Crippen LogP contribution in [0.2, 0.25) is 0 Å². The summed E-state index contributed by atoms with van der Waals surface area (Å²) >= 11 is 0. The number of aryl methyl sites for hydroxylation is 1. The lowest BCUT2D eigenvalue weighted by Crippen LogP contribution is -2.35. The van der Waals surface area contributed by atoms with Gasteiger partial charge >= 0.3 is 0 Å². The van der Waals surface area contributed by atoms with E-state index in [0.29, 0.717) is 19.3 Å². The second-order valence-electron chi connectivity index (χ2n) is 5.58. The van der Waals surface area contributed by atoms with Gasteiger partial charge in [-0.15, -0.1) is 0 Å². The van der Waals surface area contributed by atoms with Crippen molar-refractivity contribution in [3.05, 3.63) is 29.3 Å². The van der Waals surface area contributed by atoms with E-state index in [-0.39, 0.29) is 6.29 Å². The first-order chi connectivity index (χ1) is 10.2. The molecule has 1 N–H and O–H groups in total. The first-order valence-electron chi connectivity index (χ1n) is 7.83. The predicted octanol–water partition coefficient (Wildman–Crippen LogP) is 2.68. The van der Waals surface area contributed by atoms with Gasteiger partial charge in [-0.25, -0.2) is 0 Å². The molecule has 4 heteroatoms. The Morgan fingerprint density at radius 3 is 2.76 bits per heavy atom. The minimum atomic E-state index is -0.0739. The summed E-state index contributed by atoms with van der Waals surface area (Å²) in [6, 6.07) is 6.67. The normalized spacial score (nSPS) is 17.1. The van der Waals surface area contributed by atoms with Crippen LogP contribution in [0.1, 0.15) is 30.9 Å². The van der Waals surface area contributed by atoms with Gasteiger partial charge in [0, 0.05) is 12.5 Å². The summed E-state index contributed by atoms with van der Waals surface area (Å²) in [5.41, 5.74) is 2.50. The van der Waals surface area contributed by atoms with Gasteiger partial charge in [0.1, 0.15) is 5.75 Å². The number of benzene rings is 1. The lowest BCUT2D eigenvalue weighted by Gasteiger charge is -2.22. The van der Waals surface area contributed by atoms with Crippen molar-refractivity contribution in [3.8, 4) is 5.75 Å². The minimum absolute atomic E-state index is 0.0739. The third-order valence-corrected chi connectivity index (χ3v) is 3.75. The Balaban J connectivity index is 2.03. The van der Waals surface area contributed by atoms with E-state index in [0.717, 1.165) is 31.6 Å². The molecule has 0 radical (unpaired) electrons. The van der Waals surface area contributed by atoms with E-state index in [1.54, 1.807) is 7.11 Å². The van der Waals surface area contributed by atoms with Crippen molar-refractivity contribution < 1.29 is 14.2 Å². The van der Waals surface area contributed by atoms with Crippen LogP contribution < -0.4 is 10.1 Å². The zero-order chi connectivity index (χ0) is 15.1. The Morgan fingerprint density at radius 1 is 1.33 bits per heavy atom. The standard InChI is InChI=1S/C17H27NO3/c1-4-7-18-15(12-17-20-8-9-21-17)11-14-10-13(2)5-6-16(14)19-3/h5-6,10,15,17-18H,4,7-9,11-12H2,1-3H3. The smallest absolute Gasteiger partial charge is 0.159 e. The molecule has 118 valence electrons. The highest BCUT2D eigenvalue weighted by Gasteiger charge is 2.22. The van der Waals surface area contributed by atoms with Gasteiger partial charge in [-0.05, 0) is 37.9 Å². The van der Waals surface area contributed by atoms with E-state index < -0.39 is 0 Å². The molecule has 1 aromatic rings. The number of hydrogen-bond donors (Lipinski definition) is 1. The molecule has 21 heavy (non-hydrogen) atoms. The number of ether oxygens (including phenoxy) is 3. The largest absolute Gasteiger partial charge is 0.496 e. The fourth-order valence-corrected chi connectivity index (χ4v) is 2.70. The molecular weight excluding hydrogens is 266 g/mol. The van der Waals surface area contributed by atoms with Crippen LogP contribution >= 0.6 is 0 Å². The van der Waals surface area contributed by atoms with Gasteiger partial charge in [0.05, 0.1) is 20.3 Å². The predicted molar refractivity (Wildman–Crippen MR) is 83.8 cm³/mol. The molecule has 0 aromatic heterocycles. The van der Waals surface area contributed by atoms with Crippen molar-refractivity contribution in [2.24, 2.45) is 0 Å². The van der Waals surface area contributed by atoms with Crippen LogP contribution in [0.15, 0.2) is 18.2 Å². The average Bonchev–Trinajstić information content (AvgIpc) is 2.98. The van der Waals surface area contributed by atoms with Crippen molar-refractivity contribution >= 4 is 0 Å². The number of rotatable bonds is 8. The van der Waals surface area contributed by atoms with Crippen LogP contribution in [0, 0.1) is 6.92 Å². The number of hydrogen-bond acceptors (Lipinski definition) is 4. The molecule has 1 fully saturated rings. The molecule has 1 atom stereocenters. The van der Waals surface area contributed by atoms with Crippen LogP contribution in [0.3, 0.4) is 0 Å². The molecule has 0 bridgehead atoms. The summed E-state index contributed by atoms with van der Waals surface area (Å²) in [7, 11) is 1.73. The molecule has 1 aliphatic heterocycles. The van der Waals surface area contributed by atoms with Gasteiger partial charge < -0.3 is 19.5 Å². The summed E-state index contributed by atoms with van der Waals surface area (Å²) in [6.45, 7) is 6.71. The highest BCUT2D eigenvalue weighted by atomic mass is 16.7. The highest BCUT2D eigenvalue weighted by Crippen LogP contribution is 2.23. The van der Waals surface area contributed by atoms with Crippen molar-refractivity contribution in [1.82, 2.24) is 5.32 Å². The molecule has 4 nitrogen and oxygen atoms in total. The van der Waals surface area contributed by atoms with E-state index in [2.05, 4.69) is 31.3 Å². The average molecular weight is 293 g/mol. The van der Waals surface area contributed by atoms with E-state index in [4.69, 9.17) is 14.2 Å². The molecule has 0 spiro atoms.